The van der Waals surface area contributed by atoms with Crippen molar-refractivity contribution in [3.63, 3.8) is 0 Å². The SMILES string of the molecule is CNCC1CC(Oc2cc(Cl)nnc2Cl)C1. The zero-order chi connectivity index (χ0) is 11.5. The zero-order valence-electron chi connectivity index (χ0n) is 8.91. The van der Waals surface area contributed by atoms with Gasteiger partial charge in [-0.15, -0.1) is 10.2 Å². The predicted molar refractivity (Wildman–Crippen MR) is 63.1 cm³/mol. The topological polar surface area (TPSA) is 47.0 Å². The van der Waals surface area contributed by atoms with Gasteiger partial charge in [0.1, 0.15) is 0 Å². The highest BCUT2D eigenvalue weighted by atomic mass is 35.5. The number of ether oxygens (including phenoxy) is 1. The molecule has 1 aromatic rings. The van der Waals surface area contributed by atoms with Crippen LogP contribution in [0.1, 0.15) is 12.8 Å². The molecule has 0 amide bonds. The molecule has 0 spiro atoms. The van der Waals surface area contributed by atoms with Crippen molar-refractivity contribution in [1.82, 2.24) is 15.5 Å². The maximum atomic E-state index is 5.85. The highest BCUT2D eigenvalue weighted by Gasteiger charge is 2.30. The Hall–Kier alpha value is -0.580. The van der Waals surface area contributed by atoms with Crippen LogP contribution in [0.2, 0.25) is 10.3 Å². The van der Waals surface area contributed by atoms with Gasteiger partial charge in [0.15, 0.2) is 16.1 Å². The van der Waals surface area contributed by atoms with E-state index in [0.717, 1.165) is 19.4 Å². The van der Waals surface area contributed by atoms with Gasteiger partial charge in [0, 0.05) is 6.07 Å². The molecule has 0 atom stereocenters. The molecule has 0 saturated heterocycles. The molecule has 1 fully saturated rings. The largest absolute Gasteiger partial charge is 0.487 e. The van der Waals surface area contributed by atoms with Crippen LogP contribution in [0, 0.1) is 5.92 Å². The number of rotatable bonds is 4. The lowest BCUT2D eigenvalue weighted by atomic mass is 9.82. The summed E-state index contributed by atoms with van der Waals surface area (Å²) in [4.78, 5) is 0. The second-order valence-electron chi connectivity index (χ2n) is 3.96. The van der Waals surface area contributed by atoms with Crippen LogP contribution in [0.25, 0.3) is 0 Å². The first kappa shape index (κ1) is 11.9. The average molecular weight is 262 g/mol. The lowest BCUT2D eigenvalue weighted by Gasteiger charge is -2.35. The van der Waals surface area contributed by atoms with Crippen molar-refractivity contribution < 1.29 is 4.74 Å². The molecule has 0 radical (unpaired) electrons. The summed E-state index contributed by atoms with van der Waals surface area (Å²) < 4.78 is 5.69. The molecule has 1 aliphatic carbocycles. The van der Waals surface area contributed by atoms with Gasteiger partial charge in [0.05, 0.1) is 6.10 Å². The van der Waals surface area contributed by atoms with Crippen molar-refractivity contribution >= 4 is 23.2 Å². The summed E-state index contributed by atoms with van der Waals surface area (Å²) >= 11 is 11.6. The van der Waals surface area contributed by atoms with Crippen molar-refractivity contribution in [2.45, 2.75) is 18.9 Å². The summed E-state index contributed by atoms with van der Waals surface area (Å²) in [6.07, 6.45) is 2.30. The van der Waals surface area contributed by atoms with E-state index in [1.54, 1.807) is 6.07 Å². The van der Waals surface area contributed by atoms with Crippen LogP contribution in [0.5, 0.6) is 5.75 Å². The molecule has 1 aromatic heterocycles. The molecule has 1 saturated carbocycles. The molecule has 1 aliphatic rings. The first-order valence-corrected chi connectivity index (χ1v) is 5.94. The molecule has 0 unspecified atom stereocenters. The normalized spacial score (nSPS) is 23.9. The van der Waals surface area contributed by atoms with Crippen LogP contribution in [-0.4, -0.2) is 29.9 Å². The first-order valence-electron chi connectivity index (χ1n) is 5.19. The summed E-state index contributed by atoms with van der Waals surface area (Å²) in [6, 6.07) is 1.60. The van der Waals surface area contributed by atoms with Crippen LogP contribution in [-0.2, 0) is 0 Å². The predicted octanol–water partition coefficient (Wildman–Crippen LogP) is 2.16. The average Bonchev–Trinajstić information content (AvgIpc) is 2.20. The van der Waals surface area contributed by atoms with Crippen molar-refractivity contribution in [2.24, 2.45) is 5.92 Å². The number of aromatic nitrogens is 2. The fourth-order valence-electron chi connectivity index (χ4n) is 1.83. The van der Waals surface area contributed by atoms with Gasteiger partial charge < -0.3 is 10.1 Å². The van der Waals surface area contributed by atoms with Gasteiger partial charge >= 0.3 is 0 Å². The van der Waals surface area contributed by atoms with E-state index in [-0.39, 0.29) is 11.3 Å². The van der Waals surface area contributed by atoms with E-state index in [1.807, 2.05) is 7.05 Å². The molecular formula is C10H13Cl2N3O. The summed E-state index contributed by atoms with van der Waals surface area (Å²) in [6.45, 7) is 1.03. The van der Waals surface area contributed by atoms with Crippen LogP contribution < -0.4 is 10.1 Å². The van der Waals surface area contributed by atoms with Crippen molar-refractivity contribution in [1.29, 1.82) is 0 Å². The summed E-state index contributed by atoms with van der Waals surface area (Å²) in [7, 11) is 1.96. The number of nitrogens with zero attached hydrogens (tertiary/aromatic N) is 2. The maximum Gasteiger partial charge on any atom is 0.193 e. The van der Waals surface area contributed by atoms with E-state index in [1.165, 1.54) is 0 Å². The minimum Gasteiger partial charge on any atom is -0.487 e. The number of nitrogens with one attached hydrogen (secondary N) is 1. The monoisotopic (exact) mass is 261 g/mol. The van der Waals surface area contributed by atoms with Gasteiger partial charge in [-0.25, -0.2) is 0 Å². The Labute approximate surface area is 104 Å². The van der Waals surface area contributed by atoms with Gasteiger partial charge in [-0.1, -0.05) is 23.2 Å². The molecule has 1 heterocycles. The standard InChI is InChI=1S/C10H13Cl2N3O/c1-13-5-6-2-7(3-6)16-8-4-9(11)14-15-10(8)12/h4,6-7,13H,2-3,5H2,1H3. The number of halogens is 2. The molecule has 88 valence electrons. The lowest BCUT2D eigenvalue weighted by molar-refractivity contribution is 0.0654. The Morgan fingerprint density at radius 1 is 1.44 bits per heavy atom. The van der Waals surface area contributed by atoms with E-state index in [4.69, 9.17) is 27.9 Å². The number of hydrogen-bond donors (Lipinski definition) is 1. The molecule has 4 nitrogen and oxygen atoms in total. The lowest BCUT2D eigenvalue weighted by Crippen LogP contribution is -2.38. The Morgan fingerprint density at radius 2 is 2.19 bits per heavy atom. The smallest absolute Gasteiger partial charge is 0.193 e. The quantitative estimate of drug-likeness (QED) is 0.903. The van der Waals surface area contributed by atoms with Crippen LogP contribution in [0.4, 0.5) is 0 Å². The van der Waals surface area contributed by atoms with Crippen LogP contribution in [0.15, 0.2) is 6.07 Å². The van der Waals surface area contributed by atoms with Crippen molar-refractivity contribution in [3.05, 3.63) is 16.4 Å². The second kappa shape index (κ2) is 5.17. The van der Waals surface area contributed by atoms with Crippen molar-refractivity contribution in [2.75, 3.05) is 13.6 Å². The Bertz CT molecular complexity index is 369. The van der Waals surface area contributed by atoms with Crippen molar-refractivity contribution in [3.8, 4) is 5.75 Å². The molecule has 2 rings (SSSR count). The van der Waals surface area contributed by atoms with Gasteiger partial charge in [-0.3, -0.25) is 0 Å². The molecule has 0 aromatic carbocycles. The van der Waals surface area contributed by atoms with E-state index < -0.39 is 0 Å². The molecule has 16 heavy (non-hydrogen) atoms. The Kier molecular flexibility index (Phi) is 3.84. The third-order valence-electron chi connectivity index (χ3n) is 2.67. The van der Waals surface area contributed by atoms with Gasteiger partial charge in [0.2, 0.25) is 0 Å². The number of hydrogen-bond acceptors (Lipinski definition) is 4. The van der Waals surface area contributed by atoms with Gasteiger partial charge in [-0.05, 0) is 32.4 Å². The summed E-state index contributed by atoms with van der Waals surface area (Å²) in [5, 5.41) is 11.0. The third-order valence-corrected chi connectivity index (χ3v) is 3.11. The maximum absolute atomic E-state index is 5.85. The molecule has 6 heteroatoms. The highest BCUT2D eigenvalue weighted by molar-refractivity contribution is 6.32. The van der Waals surface area contributed by atoms with Crippen LogP contribution >= 0.6 is 23.2 Å². The fourth-order valence-corrected chi connectivity index (χ4v) is 2.10. The summed E-state index contributed by atoms with van der Waals surface area (Å²) in [5.74, 6) is 1.22. The highest BCUT2D eigenvalue weighted by Crippen LogP contribution is 2.33. The fraction of sp³-hybridized carbons (Fsp3) is 0.600. The van der Waals surface area contributed by atoms with E-state index >= 15 is 0 Å². The summed E-state index contributed by atoms with van der Waals surface area (Å²) in [5.41, 5.74) is 0. The van der Waals surface area contributed by atoms with E-state index in [9.17, 15) is 0 Å². The molecule has 0 aliphatic heterocycles. The van der Waals surface area contributed by atoms with Gasteiger partial charge in [0.25, 0.3) is 0 Å². The molecular weight excluding hydrogens is 249 g/mol. The second-order valence-corrected chi connectivity index (χ2v) is 4.70. The first-order chi connectivity index (χ1) is 7.69. The Balaban J connectivity index is 1.89. The molecule has 1 N–H and O–H groups in total. The Morgan fingerprint density at radius 3 is 2.88 bits per heavy atom. The van der Waals surface area contributed by atoms with E-state index in [0.29, 0.717) is 16.8 Å². The minimum atomic E-state index is 0.219. The zero-order valence-corrected chi connectivity index (χ0v) is 10.4. The van der Waals surface area contributed by atoms with Gasteiger partial charge in [-0.2, -0.15) is 0 Å². The minimum absolute atomic E-state index is 0.219. The molecule has 0 bridgehead atoms. The third kappa shape index (κ3) is 2.75. The van der Waals surface area contributed by atoms with Crippen LogP contribution in [0.3, 0.4) is 0 Å². The van der Waals surface area contributed by atoms with E-state index in [2.05, 4.69) is 15.5 Å².